The van der Waals surface area contributed by atoms with Crippen LogP contribution in [0, 0.1) is 6.92 Å². The molecule has 2 spiro atoms. The maximum absolute atomic E-state index is 12.9. The summed E-state index contributed by atoms with van der Waals surface area (Å²) < 4.78 is 45.2. The number of likely N-dealkylation sites (tertiary alicyclic amines) is 2. The van der Waals surface area contributed by atoms with Crippen LogP contribution in [0.4, 0.5) is 9.59 Å². The Labute approximate surface area is 380 Å². The number of benzene rings is 2. The van der Waals surface area contributed by atoms with Crippen molar-refractivity contribution < 1.29 is 57.1 Å². The van der Waals surface area contributed by atoms with Gasteiger partial charge in [-0.3, -0.25) is 9.80 Å². The lowest BCUT2D eigenvalue weighted by atomic mass is 9.87. The topological polar surface area (TPSA) is 174 Å². The van der Waals surface area contributed by atoms with E-state index in [4.69, 9.17) is 47.9 Å². The van der Waals surface area contributed by atoms with Gasteiger partial charge in [0.05, 0.1) is 63.9 Å². The van der Waals surface area contributed by atoms with E-state index in [1.54, 1.807) is 55.8 Å². The fourth-order valence-electron chi connectivity index (χ4n) is 9.38. The van der Waals surface area contributed by atoms with E-state index in [9.17, 15) is 19.2 Å². The Morgan fingerprint density at radius 3 is 1.52 bits per heavy atom. The van der Waals surface area contributed by atoms with Crippen LogP contribution in [-0.2, 0) is 47.8 Å². The van der Waals surface area contributed by atoms with Crippen LogP contribution in [0.25, 0.3) is 21.8 Å². The van der Waals surface area contributed by atoms with Gasteiger partial charge in [0.15, 0.2) is 0 Å². The lowest BCUT2D eigenvalue weighted by molar-refractivity contribution is -0.146. The number of ether oxygens (including phenoxy) is 8. The number of nitrogens with zero attached hydrogens (tertiary/aromatic N) is 4. The van der Waals surface area contributed by atoms with Gasteiger partial charge in [-0.1, -0.05) is 6.92 Å². The first-order chi connectivity index (χ1) is 30.6. The van der Waals surface area contributed by atoms with Crippen molar-refractivity contribution in [3.63, 3.8) is 0 Å². The Balaban J connectivity index is 0.000000194. The number of carbonyl (C=O) groups is 4. The molecule has 2 aromatic carbocycles. The van der Waals surface area contributed by atoms with E-state index in [0.29, 0.717) is 37.9 Å². The fraction of sp³-hybridized carbons (Fsp3) is 0.551. The first-order valence-electron chi connectivity index (χ1n) is 22.1. The smallest absolute Gasteiger partial charge is 0.411 e. The van der Waals surface area contributed by atoms with Crippen molar-refractivity contribution in [3.8, 4) is 23.0 Å². The van der Waals surface area contributed by atoms with Crippen molar-refractivity contribution in [3.05, 3.63) is 58.9 Å². The Kier molecular flexibility index (Phi) is 12.8. The monoisotopic (exact) mass is 898 g/mol. The summed E-state index contributed by atoms with van der Waals surface area (Å²) in [4.78, 5) is 63.4. The molecule has 4 aliphatic heterocycles. The van der Waals surface area contributed by atoms with E-state index in [0.717, 1.165) is 74.4 Å². The summed E-state index contributed by atoms with van der Waals surface area (Å²) >= 11 is 0. The third-order valence-electron chi connectivity index (χ3n) is 12.4. The van der Waals surface area contributed by atoms with E-state index in [-0.39, 0.29) is 13.1 Å². The van der Waals surface area contributed by atoms with Gasteiger partial charge in [-0.05, 0) is 117 Å². The van der Waals surface area contributed by atoms with Gasteiger partial charge in [-0.15, -0.1) is 0 Å². The van der Waals surface area contributed by atoms with Gasteiger partial charge in [-0.25, -0.2) is 29.1 Å². The minimum absolute atomic E-state index is 0.247. The highest BCUT2D eigenvalue weighted by molar-refractivity contribution is 5.88. The van der Waals surface area contributed by atoms with Crippen molar-refractivity contribution in [1.82, 2.24) is 19.8 Å². The second kappa shape index (κ2) is 17.7. The highest BCUT2D eigenvalue weighted by atomic mass is 16.6. The molecule has 2 amide bonds. The number of esters is 2. The zero-order valence-corrected chi connectivity index (χ0v) is 39.7. The largest absolute Gasteiger partial charge is 0.497 e. The normalized spacial score (nSPS) is 22.3. The van der Waals surface area contributed by atoms with E-state index in [1.165, 1.54) is 24.0 Å². The molecular weight excluding hydrogens is 837 g/mol. The number of aryl methyl sites for hydroxylation is 4. The Morgan fingerprint density at radius 1 is 0.677 bits per heavy atom. The summed E-state index contributed by atoms with van der Waals surface area (Å²) in [5.41, 5.74) is 2.83. The molecule has 6 heterocycles. The van der Waals surface area contributed by atoms with E-state index in [1.807, 2.05) is 50.2 Å². The molecule has 0 aliphatic carbocycles. The van der Waals surface area contributed by atoms with Gasteiger partial charge < -0.3 is 37.9 Å². The van der Waals surface area contributed by atoms with Gasteiger partial charge in [0.2, 0.25) is 0 Å². The number of amides is 2. The summed E-state index contributed by atoms with van der Waals surface area (Å²) in [5.74, 6) is 2.04. The second-order valence-corrected chi connectivity index (χ2v) is 19.3. The molecule has 4 aromatic rings. The van der Waals surface area contributed by atoms with Crippen LogP contribution < -0.4 is 18.9 Å². The van der Waals surface area contributed by atoms with Crippen molar-refractivity contribution in [2.45, 2.75) is 135 Å². The number of hydrogen-bond acceptors (Lipinski definition) is 14. The number of hydrogen-bond donors (Lipinski definition) is 0. The minimum atomic E-state index is -0.759. The van der Waals surface area contributed by atoms with E-state index < -0.39 is 58.6 Å². The van der Waals surface area contributed by atoms with Crippen LogP contribution in [0.1, 0.15) is 96.7 Å². The van der Waals surface area contributed by atoms with Crippen LogP contribution in [0.2, 0.25) is 0 Å². The summed E-state index contributed by atoms with van der Waals surface area (Å²) in [7, 11) is 5.93. The average molecular weight is 899 g/mol. The molecule has 0 N–H and O–H groups in total. The molecule has 2 fully saturated rings. The maximum atomic E-state index is 12.9. The molecular formula is C49H62N4O12. The molecule has 0 unspecified atom stereocenters. The molecule has 4 atom stereocenters. The Morgan fingerprint density at radius 2 is 1.11 bits per heavy atom. The predicted octanol–water partition coefficient (Wildman–Crippen LogP) is 7.85. The zero-order valence-electron chi connectivity index (χ0n) is 39.7. The minimum Gasteiger partial charge on any atom is -0.497 e. The van der Waals surface area contributed by atoms with E-state index in [2.05, 4.69) is 0 Å². The van der Waals surface area contributed by atoms with Gasteiger partial charge in [0, 0.05) is 34.7 Å². The van der Waals surface area contributed by atoms with Crippen molar-refractivity contribution >= 4 is 45.9 Å². The molecule has 0 saturated carbocycles. The first kappa shape index (κ1) is 46.9. The van der Waals surface area contributed by atoms with Crippen LogP contribution in [0.3, 0.4) is 0 Å². The second-order valence-electron chi connectivity index (χ2n) is 19.3. The van der Waals surface area contributed by atoms with Crippen LogP contribution in [-0.4, -0.2) is 120 Å². The summed E-state index contributed by atoms with van der Waals surface area (Å²) in [6.07, 6.45) is 3.10. The number of methoxy groups -OCH3 is 4. The van der Waals surface area contributed by atoms with Crippen molar-refractivity contribution in [2.24, 2.45) is 0 Å². The van der Waals surface area contributed by atoms with E-state index >= 15 is 0 Å². The molecule has 2 saturated heterocycles. The summed E-state index contributed by atoms with van der Waals surface area (Å²) in [6, 6.07) is 10.1. The standard InChI is InChI=1S/C25H32N2O6.C24H30N2O6/c1-7-18-21-16(17-12-15(30-5)8-9-19(17)26-18)10-11-25(32-21)13-20(22(28)31-6)27(14-25)23(29)33-24(2,3)4;1-14-20-16(17-11-15(29-5)7-8-18(17)25-14)9-10-24(31-20)12-19(21(27)30-6)26(13-24)22(28)32-23(2,3)4/h8-9,12,20H,7,10-11,13-14H2,1-6H3;7-8,11,19H,9-10,12-13H2,1-6H3/t20-,25+;19-,24+/m00/s1. The molecule has 16 heteroatoms. The van der Waals surface area contributed by atoms with Crippen molar-refractivity contribution in [1.29, 1.82) is 0 Å². The first-order valence-corrected chi connectivity index (χ1v) is 22.1. The number of pyridine rings is 2. The molecule has 350 valence electrons. The Bertz CT molecular complexity index is 2510. The molecule has 16 nitrogen and oxygen atoms in total. The third-order valence-corrected chi connectivity index (χ3v) is 12.4. The number of carbonyl (C=O) groups excluding carboxylic acids is 4. The fourth-order valence-corrected chi connectivity index (χ4v) is 9.38. The Hall–Kier alpha value is -6.06. The quantitative estimate of drug-likeness (QED) is 0.140. The van der Waals surface area contributed by atoms with Crippen LogP contribution in [0.5, 0.6) is 23.0 Å². The highest BCUT2D eigenvalue weighted by Crippen LogP contribution is 2.47. The lowest BCUT2D eigenvalue weighted by Gasteiger charge is -2.37. The van der Waals surface area contributed by atoms with Crippen molar-refractivity contribution in [2.75, 3.05) is 41.5 Å². The predicted molar refractivity (Wildman–Crippen MR) is 241 cm³/mol. The molecule has 4 aliphatic rings. The van der Waals surface area contributed by atoms with Gasteiger partial charge >= 0.3 is 24.1 Å². The van der Waals surface area contributed by atoms with Gasteiger partial charge in [0.25, 0.3) is 0 Å². The molecule has 8 rings (SSSR count). The summed E-state index contributed by atoms with van der Waals surface area (Å²) in [6.45, 7) is 15.3. The molecule has 2 aromatic heterocycles. The molecule has 0 radical (unpaired) electrons. The number of aromatic nitrogens is 2. The summed E-state index contributed by atoms with van der Waals surface area (Å²) in [5, 5.41) is 1.99. The highest BCUT2D eigenvalue weighted by Gasteiger charge is 2.55. The number of rotatable bonds is 5. The lowest BCUT2D eigenvalue weighted by Crippen LogP contribution is -2.46. The van der Waals surface area contributed by atoms with Gasteiger partial charge in [-0.2, -0.15) is 0 Å². The van der Waals surface area contributed by atoms with Gasteiger partial charge in [0.1, 0.15) is 57.5 Å². The zero-order chi connectivity index (χ0) is 47.2. The molecule has 65 heavy (non-hydrogen) atoms. The molecule has 0 bridgehead atoms. The SMILES string of the molecule is CCc1nc2ccc(OC)cc2c2c1O[C@]1(CC2)C[C@@H](C(=O)OC)N(C(=O)OC(C)(C)C)C1.COC(=O)[C@@H]1C[C@]2(CCc3c(c(C)nc4ccc(OC)cc34)O2)CN1C(=O)OC(C)(C)C. The average Bonchev–Trinajstić information content (AvgIpc) is 3.83. The van der Waals surface area contributed by atoms with Crippen LogP contribution >= 0.6 is 0 Å². The third kappa shape index (κ3) is 9.53. The maximum Gasteiger partial charge on any atom is 0.411 e. The number of fused-ring (bicyclic) bond motifs is 6. The van der Waals surface area contributed by atoms with Crippen LogP contribution in [0.15, 0.2) is 36.4 Å².